The first-order valence-electron chi connectivity index (χ1n) is 11.1. The summed E-state index contributed by atoms with van der Waals surface area (Å²) in [5.74, 6) is 1.78. The van der Waals surface area contributed by atoms with Crippen molar-refractivity contribution in [3.05, 3.63) is 72.4 Å². The molecule has 1 aromatic heterocycles. The van der Waals surface area contributed by atoms with Crippen LogP contribution in [0.5, 0.6) is 23.0 Å². The minimum atomic E-state index is -0.822. The van der Waals surface area contributed by atoms with Gasteiger partial charge in [0, 0.05) is 17.3 Å². The van der Waals surface area contributed by atoms with Crippen LogP contribution in [0.2, 0.25) is 0 Å². The fraction of sp³-hybridized carbons (Fsp3) is 0.185. The average molecular weight is 506 g/mol. The number of nitrogens with zero attached hydrogens (tertiary/aromatic N) is 1. The van der Waals surface area contributed by atoms with Crippen molar-refractivity contribution in [2.24, 2.45) is 5.73 Å². The lowest BCUT2D eigenvalue weighted by molar-refractivity contribution is -0.117. The fourth-order valence-corrected chi connectivity index (χ4v) is 4.62. The number of nitrogens with two attached hydrogens (primary N) is 1. The zero-order valence-electron chi connectivity index (χ0n) is 20.4. The maximum atomic E-state index is 12.9. The van der Waals surface area contributed by atoms with Gasteiger partial charge < -0.3 is 30.0 Å². The van der Waals surface area contributed by atoms with Crippen LogP contribution in [0, 0.1) is 0 Å². The number of methoxy groups -OCH3 is 4. The fourth-order valence-electron chi connectivity index (χ4n) is 3.86. The van der Waals surface area contributed by atoms with Gasteiger partial charge in [0.1, 0.15) is 11.8 Å². The Morgan fingerprint density at radius 2 is 1.53 bits per heavy atom. The van der Waals surface area contributed by atoms with E-state index in [1.165, 1.54) is 11.5 Å². The van der Waals surface area contributed by atoms with Gasteiger partial charge in [-0.05, 0) is 46.9 Å². The highest BCUT2D eigenvalue weighted by atomic mass is 32.1. The molecule has 186 valence electrons. The van der Waals surface area contributed by atoms with Crippen LogP contribution in [0.25, 0.3) is 21.6 Å². The first-order valence-corrected chi connectivity index (χ1v) is 11.8. The molecule has 3 N–H and O–H groups in total. The molecule has 1 heterocycles. The molecule has 9 heteroatoms. The van der Waals surface area contributed by atoms with Crippen molar-refractivity contribution in [2.45, 2.75) is 6.04 Å². The maximum Gasteiger partial charge on any atom is 0.245 e. The molecule has 4 rings (SSSR count). The predicted octanol–water partition coefficient (Wildman–Crippen LogP) is 5.15. The second-order valence-corrected chi connectivity index (χ2v) is 8.58. The molecule has 0 saturated carbocycles. The maximum absolute atomic E-state index is 12.9. The zero-order valence-corrected chi connectivity index (χ0v) is 21.2. The van der Waals surface area contributed by atoms with Gasteiger partial charge in [-0.1, -0.05) is 36.4 Å². The van der Waals surface area contributed by atoms with Gasteiger partial charge in [-0.15, -0.1) is 0 Å². The number of rotatable bonds is 9. The number of hydrogen-bond donors (Lipinski definition) is 2. The summed E-state index contributed by atoms with van der Waals surface area (Å²) in [5, 5.41) is 2.91. The molecular weight excluding hydrogens is 478 g/mol. The number of benzene rings is 3. The lowest BCUT2D eigenvalue weighted by Crippen LogP contribution is -2.27. The van der Waals surface area contributed by atoms with Gasteiger partial charge in [0.15, 0.2) is 11.5 Å². The molecule has 3 aromatic carbocycles. The van der Waals surface area contributed by atoms with Gasteiger partial charge in [0.25, 0.3) is 0 Å². The Balaban J connectivity index is 1.71. The highest BCUT2D eigenvalue weighted by Crippen LogP contribution is 2.45. The number of anilines is 1. The molecule has 4 aromatic rings. The average Bonchev–Trinajstić information content (AvgIpc) is 3.42. The summed E-state index contributed by atoms with van der Waals surface area (Å²) in [7, 11) is 6.27. The van der Waals surface area contributed by atoms with Crippen molar-refractivity contribution >= 4 is 23.1 Å². The summed E-state index contributed by atoms with van der Waals surface area (Å²) in [5.41, 5.74) is 10.00. The van der Waals surface area contributed by atoms with E-state index in [9.17, 15) is 4.79 Å². The van der Waals surface area contributed by atoms with E-state index in [1.807, 2.05) is 54.6 Å². The Hall–Kier alpha value is -4.08. The standard InChI is InChI=1S/C27H27N3O5S/c1-32-21-11-10-17(12-20(21)30-27(31)24(28)16-8-6-5-7-9-16)19-15-29-36-26(19)18-13-22(33-2)25(35-4)23(14-18)34-3/h5-15,24H,28H2,1-4H3,(H,30,31)/t24-/m1/s1. The molecular formula is C27H27N3O5S. The van der Waals surface area contributed by atoms with Crippen LogP contribution in [-0.2, 0) is 4.79 Å². The smallest absolute Gasteiger partial charge is 0.245 e. The van der Waals surface area contributed by atoms with E-state index >= 15 is 0 Å². The number of aromatic nitrogens is 1. The molecule has 0 aliphatic heterocycles. The van der Waals surface area contributed by atoms with Crippen molar-refractivity contribution in [1.29, 1.82) is 0 Å². The van der Waals surface area contributed by atoms with Gasteiger partial charge in [-0.2, -0.15) is 4.37 Å². The molecule has 1 atom stereocenters. The van der Waals surface area contributed by atoms with E-state index in [4.69, 9.17) is 24.7 Å². The summed E-state index contributed by atoms with van der Waals surface area (Å²) in [6, 6.07) is 17.7. The van der Waals surface area contributed by atoms with Gasteiger partial charge in [0.2, 0.25) is 11.7 Å². The molecule has 1 amide bonds. The van der Waals surface area contributed by atoms with Crippen molar-refractivity contribution in [3.63, 3.8) is 0 Å². The predicted molar refractivity (Wildman–Crippen MR) is 141 cm³/mol. The van der Waals surface area contributed by atoms with E-state index in [-0.39, 0.29) is 5.91 Å². The quantitative estimate of drug-likeness (QED) is 0.324. The first kappa shape index (κ1) is 25.0. The van der Waals surface area contributed by atoms with Crippen molar-refractivity contribution < 1.29 is 23.7 Å². The summed E-state index contributed by atoms with van der Waals surface area (Å²) in [6.07, 6.45) is 1.78. The molecule has 0 saturated heterocycles. The molecule has 0 spiro atoms. The number of ether oxygens (including phenoxy) is 4. The van der Waals surface area contributed by atoms with Crippen molar-refractivity contribution in [1.82, 2.24) is 4.37 Å². The monoisotopic (exact) mass is 505 g/mol. The van der Waals surface area contributed by atoms with Crippen molar-refractivity contribution in [2.75, 3.05) is 33.8 Å². The van der Waals surface area contributed by atoms with Crippen LogP contribution in [0.4, 0.5) is 5.69 Å². The van der Waals surface area contributed by atoms with Gasteiger partial charge in [0.05, 0.1) is 39.0 Å². The molecule has 0 aliphatic carbocycles. The Morgan fingerprint density at radius 1 is 0.861 bits per heavy atom. The summed E-state index contributed by atoms with van der Waals surface area (Å²) in [6.45, 7) is 0. The lowest BCUT2D eigenvalue weighted by atomic mass is 10.0. The van der Waals surface area contributed by atoms with E-state index < -0.39 is 6.04 Å². The Bertz CT molecular complexity index is 1330. The van der Waals surface area contributed by atoms with Gasteiger partial charge in [-0.3, -0.25) is 4.79 Å². The summed E-state index contributed by atoms with van der Waals surface area (Å²) >= 11 is 1.34. The second kappa shape index (κ2) is 11.1. The van der Waals surface area contributed by atoms with E-state index in [0.717, 1.165) is 27.1 Å². The molecule has 8 nitrogen and oxygen atoms in total. The Labute approximate surface area is 213 Å². The van der Waals surface area contributed by atoms with Crippen molar-refractivity contribution in [3.8, 4) is 44.6 Å². The third-order valence-corrected chi connectivity index (χ3v) is 6.56. The Morgan fingerprint density at radius 3 is 2.14 bits per heavy atom. The number of carbonyl (C=O) groups excluding carboxylic acids is 1. The molecule has 36 heavy (non-hydrogen) atoms. The van der Waals surface area contributed by atoms with Crippen LogP contribution in [0.15, 0.2) is 66.9 Å². The van der Waals surface area contributed by atoms with Crippen LogP contribution >= 0.6 is 11.5 Å². The lowest BCUT2D eigenvalue weighted by Gasteiger charge is -2.16. The number of carbonyl (C=O) groups is 1. The number of nitrogens with one attached hydrogen (secondary N) is 1. The van der Waals surface area contributed by atoms with Crippen LogP contribution in [0.3, 0.4) is 0 Å². The van der Waals surface area contributed by atoms with Crippen LogP contribution in [-0.4, -0.2) is 38.7 Å². The molecule has 0 bridgehead atoms. The minimum absolute atomic E-state index is 0.343. The molecule has 0 fully saturated rings. The van der Waals surface area contributed by atoms with E-state index in [1.54, 1.807) is 40.7 Å². The van der Waals surface area contributed by atoms with E-state index in [2.05, 4.69) is 9.69 Å². The summed E-state index contributed by atoms with van der Waals surface area (Å²) < 4.78 is 26.4. The number of hydrogen-bond acceptors (Lipinski definition) is 8. The minimum Gasteiger partial charge on any atom is -0.495 e. The molecule has 0 aliphatic rings. The third-order valence-electron chi connectivity index (χ3n) is 5.71. The summed E-state index contributed by atoms with van der Waals surface area (Å²) in [4.78, 5) is 13.8. The third kappa shape index (κ3) is 4.98. The van der Waals surface area contributed by atoms with Gasteiger partial charge >= 0.3 is 0 Å². The molecule has 0 unspecified atom stereocenters. The highest BCUT2D eigenvalue weighted by molar-refractivity contribution is 7.10. The van der Waals surface area contributed by atoms with E-state index in [0.29, 0.717) is 28.7 Å². The van der Waals surface area contributed by atoms with Gasteiger partial charge in [-0.25, -0.2) is 0 Å². The largest absolute Gasteiger partial charge is 0.495 e. The van der Waals surface area contributed by atoms with Crippen LogP contribution < -0.4 is 30.0 Å². The topological polar surface area (TPSA) is 105 Å². The highest BCUT2D eigenvalue weighted by Gasteiger charge is 2.21. The number of amides is 1. The SMILES string of the molecule is COc1ccc(-c2cnsc2-c2cc(OC)c(OC)c(OC)c2)cc1NC(=O)[C@H](N)c1ccccc1. The normalized spacial score (nSPS) is 11.5. The molecule has 0 radical (unpaired) electrons. The van der Waals surface area contributed by atoms with Crippen LogP contribution in [0.1, 0.15) is 11.6 Å². The Kier molecular flexibility index (Phi) is 7.72. The first-order chi connectivity index (χ1) is 17.5. The zero-order chi connectivity index (χ0) is 25.7. The second-order valence-electron chi connectivity index (χ2n) is 7.78.